The van der Waals surface area contributed by atoms with Gasteiger partial charge in [-0.2, -0.15) is 11.8 Å². The molecule has 0 bridgehead atoms. The maximum atomic E-state index is 11.0. The molecule has 2 nitrogen and oxygen atoms in total. The van der Waals surface area contributed by atoms with Crippen LogP contribution >= 0.6 is 27.7 Å². The maximum Gasteiger partial charge on any atom is 0.233 e. The molecule has 1 unspecified atom stereocenters. The zero-order valence-electron chi connectivity index (χ0n) is 7.18. The van der Waals surface area contributed by atoms with E-state index in [1.54, 1.807) is 11.8 Å². The van der Waals surface area contributed by atoms with Crippen LogP contribution in [0.15, 0.2) is 12.7 Å². The number of nitrogens with one attached hydrogen (secondary N) is 1. The predicted molar refractivity (Wildman–Crippen MR) is 58.9 cm³/mol. The van der Waals surface area contributed by atoms with E-state index in [1.165, 1.54) is 0 Å². The molecule has 0 aromatic carbocycles. The third-order valence-corrected chi connectivity index (χ3v) is 2.52. The molecule has 1 amide bonds. The summed E-state index contributed by atoms with van der Waals surface area (Å²) >= 11 is 4.95. The van der Waals surface area contributed by atoms with E-state index < -0.39 is 0 Å². The highest BCUT2D eigenvalue weighted by molar-refractivity contribution is 9.10. The lowest BCUT2D eigenvalue weighted by Gasteiger charge is -2.05. The fourth-order valence-electron chi connectivity index (χ4n) is 0.554. The molecular weight excluding hydrogens is 238 g/mol. The fraction of sp³-hybridized carbons (Fsp3) is 0.625. The number of thioether (sulfide) groups is 1. The monoisotopic (exact) mass is 251 g/mol. The molecule has 4 heteroatoms. The van der Waals surface area contributed by atoms with E-state index in [0.717, 1.165) is 18.1 Å². The molecule has 70 valence electrons. The van der Waals surface area contributed by atoms with Crippen molar-refractivity contribution in [1.82, 2.24) is 5.32 Å². The highest BCUT2D eigenvalue weighted by atomic mass is 79.9. The molecule has 0 aliphatic carbocycles. The van der Waals surface area contributed by atoms with Gasteiger partial charge in [-0.3, -0.25) is 4.79 Å². The van der Waals surface area contributed by atoms with Crippen molar-refractivity contribution in [3.63, 3.8) is 0 Å². The van der Waals surface area contributed by atoms with Crippen LogP contribution in [-0.2, 0) is 4.79 Å². The summed E-state index contributed by atoms with van der Waals surface area (Å²) in [5.41, 5.74) is 0. The molecule has 0 saturated heterocycles. The third-order valence-electron chi connectivity index (χ3n) is 1.14. The molecule has 1 atom stereocenters. The number of amides is 1. The van der Waals surface area contributed by atoms with E-state index in [2.05, 4.69) is 27.8 Å². The van der Waals surface area contributed by atoms with Crippen molar-refractivity contribution in [2.24, 2.45) is 0 Å². The van der Waals surface area contributed by atoms with Gasteiger partial charge in [0.2, 0.25) is 5.91 Å². The van der Waals surface area contributed by atoms with E-state index in [1.807, 2.05) is 13.0 Å². The topological polar surface area (TPSA) is 29.1 Å². The van der Waals surface area contributed by atoms with E-state index in [0.29, 0.717) is 0 Å². The van der Waals surface area contributed by atoms with Crippen LogP contribution in [-0.4, -0.2) is 28.8 Å². The summed E-state index contributed by atoms with van der Waals surface area (Å²) in [6.45, 7) is 6.15. The van der Waals surface area contributed by atoms with Crippen molar-refractivity contribution in [2.75, 3.05) is 18.1 Å². The lowest BCUT2D eigenvalue weighted by Crippen LogP contribution is -2.31. The second-order valence-electron chi connectivity index (χ2n) is 2.27. The lowest BCUT2D eigenvalue weighted by atomic mass is 10.4. The van der Waals surface area contributed by atoms with Crippen LogP contribution in [0.4, 0.5) is 0 Å². The van der Waals surface area contributed by atoms with Crippen molar-refractivity contribution >= 4 is 33.6 Å². The van der Waals surface area contributed by atoms with Gasteiger partial charge in [0.25, 0.3) is 0 Å². The molecule has 1 N–H and O–H groups in total. The summed E-state index contributed by atoms with van der Waals surface area (Å²) in [5, 5.41) is 2.80. The van der Waals surface area contributed by atoms with Crippen LogP contribution in [0.1, 0.15) is 6.92 Å². The average molecular weight is 252 g/mol. The van der Waals surface area contributed by atoms with Gasteiger partial charge >= 0.3 is 0 Å². The predicted octanol–water partition coefficient (Wildman–Crippen LogP) is 1.81. The average Bonchev–Trinajstić information content (AvgIpc) is 2.03. The summed E-state index contributed by atoms with van der Waals surface area (Å²) in [5.74, 6) is 1.94. The minimum Gasteiger partial charge on any atom is -0.354 e. The Morgan fingerprint density at radius 2 is 2.50 bits per heavy atom. The minimum atomic E-state index is -0.0955. The number of rotatable bonds is 6. The molecule has 0 spiro atoms. The van der Waals surface area contributed by atoms with Gasteiger partial charge in [-0.25, -0.2) is 0 Å². The van der Waals surface area contributed by atoms with E-state index in [9.17, 15) is 4.79 Å². The van der Waals surface area contributed by atoms with Crippen LogP contribution in [0, 0.1) is 0 Å². The highest BCUT2D eigenvalue weighted by Gasteiger charge is 2.05. The second-order valence-corrected chi connectivity index (χ2v) is 4.79. The zero-order chi connectivity index (χ0) is 9.40. The molecule has 0 fully saturated rings. The fourth-order valence-corrected chi connectivity index (χ4v) is 1.30. The molecule has 12 heavy (non-hydrogen) atoms. The molecule has 0 radical (unpaired) electrons. The Morgan fingerprint density at radius 1 is 1.83 bits per heavy atom. The Bertz CT molecular complexity index is 150. The number of hydrogen-bond donors (Lipinski definition) is 1. The van der Waals surface area contributed by atoms with Gasteiger partial charge in [0.05, 0.1) is 4.83 Å². The molecule has 0 heterocycles. The summed E-state index contributed by atoms with van der Waals surface area (Å²) in [4.78, 5) is 10.9. The van der Waals surface area contributed by atoms with Crippen LogP contribution in [0.3, 0.4) is 0 Å². The number of alkyl halides is 1. The van der Waals surface area contributed by atoms with E-state index in [-0.39, 0.29) is 10.7 Å². The van der Waals surface area contributed by atoms with Gasteiger partial charge in [0.15, 0.2) is 0 Å². The van der Waals surface area contributed by atoms with E-state index >= 15 is 0 Å². The van der Waals surface area contributed by atoms with Crippen LogP contribution < -0.4 is 5.32 Å². The standard InChI is InChI=1S/C8H14BrNOS/c1-3-5-12-6-4-10-8(11)7(2)9/h3,7H,1,4-6H2,2H3,(H,10,11). The van der Waals surface area contributed by atoms with E-state index in [4.69, 9.17) is 0 Å². The van der Waals surface area contributed by atoms with Crippen molar-refractivity contribution in [3.05, 3.63) is 12.7 Å². The van der Waals surface area contributed by atoms with Crippen LogP contribution in [0.5, 0.6) is 0 Å². The summed E-state index contributed by atoms with van der Waals surface area (Å²) in [7, 11) is 0. The first-order chi connectivity index (χ1) is 5.68. The van der Waals surface area contributed by atoms with Gasteiger partial charge in [-0.05, 0) is 6.92 Å². The normalized spacial score (nSPS) is 12.2. The largest absolute Gasteiger partial charge is 0.354 e. The molecule has 0 rings (SSSR count). The van der Waals surface area contributed by atoms with Crippen molar-refractivity contribution in [1.29, 1.82) is 0 Å². The summed E-state index contributed by atoms with van der Waals surface area (Å²) in [6, 6.07) is 0. The maximum absolute atomic E-state index is 11.0. The Morgan fingerprint density at radius 3 is 3.00 bits per heavy atom. The van der Waals surface area contributed by atoms with Crippen molar-refractivity contribution in [3.8, 4) is 0 Å². The third kappa shape index (κ3) is 6.73. The minimum absolute atomic E-state index is 0.0502. The second kappa shape index (κ2) is 7.68. The lowest BCUT2D eigenvalue weighted by molar-refractivity contribution is -0.120. The van der Waals surface area contributed by atoms with Crippen LogP contribution in [0.2, 0.25) is 0 Å². The van der Waals surface area contributed by atoms with Gasteiger partial charge in [0, 0.05) is 18.1 Å². The number of halogens is 1. The van der Waals surface area contributed by atoms with Crippen molar-refractivity contribution < 1.29 is 4.79 Å². The number of carbonyl (C=O) groups excluding carboxylic acids is 1. The number of hydrogen-bond acceptors (Lipinski definition) is 2. The van der Waals surface area contributed by atoms with Gasteiger partial charge < -0.3 is 5.32 Å². The molecule has 0 aromatic heterocycles. The van der Waals surface area contributed by atoms with Crippen LogP contribution in [0.25, 0.3) is 0 Å². The quantitative estimate of drug-likeness (QED) is 0.443. The molecule has 0 aliphatic rings. The molecule has 0 aromatic rings. The molecular formula is C8H14BrNOS. The zero-order valence-corrected chi connectivity index (χ0v) is 9.58. The molecule has 0 saturated carbocycles. The first kappa shape index (κ1) is 12.0. The Balaban J connectivity index is 3.19. The Hall–Kier alpha value is 0.0400. The van der Waals surface area contributed by atoms with Crippen molar-refractivity contribution in [2.45, 2.75) is 11.8 Å². The van der Waals surface area contributed by atoms with Gasteiger partial charge in [-0.1, -0.05) is 22.0 Å². The molecule has 0 aliphatic heterocycles. The first-order valence-corrected chi connectivity index (χ1v) is 5.86. The highest BCUT2D eigenvalue weighted by Crippen LogP contribution is 1.99. The SMILES string of the molecule is C=CCSCCNC(=O)C(C)Br. The Labute approximate surface area is 86.3 Å². The van der Waals surface area contributed by atoms with Gasteiger partial charge in [-0.15, -0.1) is 6.58 Å². The Kier molecular flexibility index (Phi) is 7.70. The summed E-state index contributed by atoms with van der Waals surface area (Å²) in [6.07, 6.45) is 1.86. The number of carbonyl (C=O) groups is 1. The van der Waals surface area contributed by atoms with Gasteiger partial charge in [0.1, 0.15) is 0 Å². The summed E-state index contributed by atoms with van der Waals surface area (Å²) < 4.78 is 0. The first-order valence-electron chi connectivity index (χ1n) is 3.79. The smallest absolute Gasteiger partial charge is 0.233 e.